The van der Waals surface area contributed by atoms with Gasteiger partial charge in [-0.1, -0.05) is 24.3 Å². The molecule has 1 aromatic carbocycles. The van der Waals surface area contributed by atoms with E-state index in [1.54, 1.807) is 6.08 Å². The van der Waals surface area contributed by atoms with E-state index in [-0.39, 0.29) is 6.04 Å². The molecular formula is C12H15NO. The molecule has 74 valence electrons. The van der Waals surface area contributed by atoms with Crippen LogP contribution in [0.4, 0.5) is 0 Å². The standard InChI is InChI=1S/C12H15NO/c1-2-11(13)10-7-3-5-9-6-4-8-14-12(9)10/h2-3,5,7,11H,1,4,6,8,13H2/t11-/m0/s1. The first kappa shape index (κ1) is 9.28. The fourth-order valence-electron chi connectivity index (χ4n) is 1.80. The molecule has 1 atom stereocenters. The van der Waals surface area contributed by atoms with Crippen molar-refractivity contribution in [2.45, 2.75) is 18.9 Å². The second-order valence-corrected chi connectivity index (χ2v) is 3.55. The van der Waals surface area contributed by atoms with Crippen molar-refractivity contribution in [3.8, 4) is 5.75 Å². The third-order valence-electron chi connectivity index (χ3n) is 2.58. The van der Waals surface area contributed by atoms with Gasteiger partial charge < -0.3 is 10.5 Å². The van der Waals surface area contributed by atoms with Crippen molar-refractivity contribution in [1.29, 1.82) is 0 Å². The van der Waals surface area contributed by atoms with Crippen molar-refractivity contribution in [1.82, 2.24) is 0 Å². The number of rotatable bonds is 2. The van der Waals surface area contributed by atoms with Gasteiger partial charge in [-0.15, -0.1) is 6.58 Å². The van der Waals surface area contributed by atoms with E-state index in [0.29, 0.717) is 0 Å². The number of fused-ring (bicyclic) bond motifs is 1. The Morgan fingerprint density at radius 3 is 3.14 bits per heavy atom. The van der Waals surface area contributed by atoms with E-state index in [4.69, 9.17) is 10.5 Å². The van der Waals surface area contributed by atoms with Crippen molar-refractivity contribution < 1.29 is 4.74 Å². The predicted octanol–water partition coefficient (Wildman–Crippen LogP) is 2.20. The summed E-state index contributed by atoms with van der Waals surface area (Å²) in [6.07, 6.45) is 3.93. The molecule has 1 aromatic rings. The molecule has 0 saturated heterocycles. The number of hydrogen-bond donors (Lipinski definition) is 1. The molecule has 1 heterocycles. The normalized spacial score (nSPS) is 16.6. The third-order valence-corrected chi connectivity index (χ3v) is 2.58. The highest BCUT2D eigenvalue weighted by atomic mass is 16.5. The lowest BCUT2D eigenvalue weighted by Crippen LogP contribution is -2.14. The lowest BCUT2D eigenvalue weighted by molar-refractivity contribution is 0.284. The number of benzene rings is 1. The highest BCUT2D eigenvalue weighted by Crippen LogP contribution is 2.32. The summed E-state index contributed by atoms with van der Waals surface area (Å²) in [5.41, 5.74) is 8.24. The molecule has 2 heteroatoms. The van der Waals surface area contributed by atoms with Crippen LogP contribution in [-0.2, 0) is 6.42 Å². The van der Waals surface area contributed by atoms with E-state index >= 15 is 0 Å². The fraction of sp³-hybridized carbons (Fsp3) is 0.333. The molecule has 0 saturated carbocycles. The summed E-state index contributed by atoms with van der Waals surface area (Å²) in [5.74, 6) is 0.978. The quantitative estimate of drug-likeness (QED) is 0.724. The minimum atomic E-state index is -0.122. The van der Waals surface area contributed by atoms with Gasteiger partial charge in [0.25, 0.3) is 0 Å². The molecule has 0 fully saturated rings. The molecule has 0 amide bonds. The largest absolute Gasteiger partial charge is 0.493 e. The van der Waals surface area contributed by atoms with Crippen LogP contribution in [0, 0.1) is 0 Å². The van der Waals surface area contributed by atoms with Crippen LogP contribution in [0.25, 0.3) is 0 Å². The van der Waals surface area contributed by atoms with Gasteiger partial charge in [0.1, 0.15) is 5.75 Å². The van der Waals surface area contributed by atoms with Gasteiger partial charge in [-0.3, -0.25) is 0 Å². The van der Waals surface area contributed by atoms with Crippen LogP contribution in [0.2, 0.25) is 0 Å². The SMILES string of the molecule is C=C[C@H](N)c1cccc2c1OCCC2. The number of hydrogen-bond acceptors (Lipinski definition) is 2. The maximum absolute atomic E-state index is 5.92. The third kappa shape index (κ3) is 1.53. The molecule has 2 N–H and O–H groups in total. The highest BCUT2D eigenvalue weighted by molar-refractivity contribution is 5.45. The van der Waals surface area contributed by atoms with Crippen molar-refractivity contribution >= 4 is 0 Å². The predicted molar refractivity (Wildman–Crippen MR) is 57.4 cm³/mol. The minimum Gasteiger partial charge on any atom is -0.493 e. The van der Waals surface area contributed by atoms with Gasteiger partial charge in [-0.25, -0.2) is 0 Å². The van der Waals surface area contributed by atoms with Gasteiger partial charge in [0, 0.05) is 5.56 Å². The van der Waals surface area contributed by atoms with Crippen LogP contribution in [0.5, 0.6) is 5.75 Å². The Bertz CT molecular complexity index is 346. The van der Waals surface area contributed by atoms with E-state index < -0.39 is 0 Å². The highest BCUT2D eigenvalue weighted by Gasteiger charge is 2.16. The molecule has 14 heavy (non-hydrogen) atoms. The van der Waals surface area contributed by atoms with Crippen molar-refractivity contribution in [3.05, 3.63) is 42.0 Å². The molecule has 1 aliphatic rings. The molecule has 0 spiro atoms. The summed E-state index contributed by atoms with van der Waals surface area (Å²) < 4.78 is 5.65. The van der Waals surface area contributed by atoms with Crippen molar-refractivity contribution in [3.63, 3.8) is 0 Å². The topological polar surface area (TPSA) is 35.2 Å². The number of para-hydroxylation sites is 1. The lowest BCUT2D eigenvalue weighted by atomic mass is 9.98. The Morgan fingerprint density at radius 2 is 2.36 bits per heavy atom. The second kappa shape index (κ2) is 3.84. The Kier molecular flexibility index (Phi) is 2.55. The Labute approximate surface area is 84.4 Å². The molecule has 2 rings (SSSR count). The smallest absolute Gasteiger partial charge is 0.127 e. The van der Waals surface area contributed by atoms with E-state index in [9.17, 15) is 0 Å². The number of ether oxygens (including phenoxy) is 1. The minimum absolute atomic E-state index is 0.122. The van der Waals surface area contributed by atoms with E-state index in [2.05, 4.69) is 12.6 Å². The Balaban J connectivity index is 2.44. The molecule has 0 bridgehead atoms. The van der Waals surface area contributed by atoms with E-state index in [1.807, 2.05) is 12.1 Å². The van der Waals surface area contributed by atoms with Gasteiger partial charge in [0.2, 0.25) is 0 Å². The van der Waals surface area contributed by atoms with E-state index in [0.717, 1.165) is 30.8 Å². The van der Waals surface area contributed by atoms with Gasteiger partial charge in [-0.2, -0.15) is 0 Å². The zero-order chi connectivity index (χ0) is 9.97. The number of aryl methyl sites for hydroxylation is 1. The Hall–Kier alpha value is -1.28. The maximum atomic E-state index is 5.92. The summed E-state index contributed by atoms with van der Waals surface area (Å²) in [7, 11) is 0. The van der Waals surface area contributed by atoms with Crippen LogP contribution in [-0.4, -0.2) is 6.61 Å². The average Bonchev–Trinajstić information content (AvgIpc) is 2.27. The van der Waals surface area contributed by atoms with Gasteiger partial charge in [0.15, 0.2) is 0 Å². The molecule has 0 aromatic heterocycles. The lowest BCUT2D eigenvalue weighted by Gasteiger charge is -2.21. The Morgan fingerprint density at radius 1 is 1.50 bits per heavy atom. The number of nitrogens with two attached hydrogens (primary N) is 1. The first-order chi connectivity index (χ1) is 6.83. The summed E-state index contributed by atoms with van der Waals surface area (Å²) >= 11 is 0. The second-order valence-electron chi connectivity index (χ2n) is 3.55. The van der Waals surface area contributed by atoms with Crippen molar-refractivity contribution in [2.24, 2.45) is 5.73 Å². The van der Waals surface area contributed by atoms with Gasteiger partial charge in [-0.05, 0) is 18.4 Å². The van der Waals surface area contributed by atoms with Crippen LogP contribution in [0.3, 0.4) is 0 Å². The first-order valence-corrected chi connectivity index (χ1v) is 4.95. The van der Waals surface area contributed by atoms with E-state index in [1.165, 1.54) is 5.56 Å². The van der Waals surface area contributed by atoms with Crippen LogP contribution in [0.15, 0.2) is 30.9 Å². The first-order valence-electron chi connectivity index (χ1n) is 4.95. The van der Waals surface area contributed by atoms with Crippen LogP contribution in [0.1, 0.15) is 23.6 Å². The zero-order valence-corrected chi connectivity index (χ0v) is 8.20. The monoisotopic (exact) mass is 189 g/mol. The summed E-state index contributed by atoms with van der Waals surface area (Å²) in [6, 6.07) is 6.03. The zero-order valence-electron chi connectivity index (χ0n) is 8.20. The molecular weight excluding hydrogens is 174 g/mol. The summed E-state index contributed by atoms with van der Waals surface area (Å²) in [5, 5.41) is 0. The van der Waals surface area contributed by atoms with Crippen molar-refractivity contribution in [2.75, 3.05) is 6.61 Å². The van der Waals surface area contributed by atoms with Crippen LogP contribution < -0.4 is 10.5 Å². The molecule has 0 aliphatic carbocycles. The summed E-state index contributed by atoms with van der Waals surface area (Å²) in [6.45, 7) is 4.50. The van der Waals surface area contributed by atoms with Gasteiger partial charge >= 0.3 is 0 Å². The molecule has 1 aliphatic heterocycles. The van der Waals surface area contributed by atoms with Crippen LogP contribution >= 0.6 is 0 Å². The molecule has 2 nitrogen and oxygen atoms in total. The molecule has 0 unspecified atom stereocenters. The fourth-order valence-corrected chi connectivity index (χ4v) is 1.80. The maximum Gasteiger partial charge on any atom is 0.127 e. The average molecular weight is 189 g/mol. The molecule has 0 radical (unpaired) electrons. The summed E-state index contributed by atoms with van der Waals surface area (Å²) in [4.78, 5) is 0. The van der Waals surface area contributed by atoms with Gasteiger partial charge in [0.05, 0.1) is 12.6 Å².